The largest absolute Gasteiger partial charge is 0.396 e. The van der Waals surface area contributed by atoms with Crippen LogP contribution in [0.4, 0.5) is 14.9 Å². The summed E-state index contributed by atoms with van der Waals surface area (Å²) in [4.78, 5) is 29.6. The van der Waals surface area contributed by atoms with Gasteiger partial charge in [0.15, 0.2) is 0 Å². The molecular formula is C22H23ClFN3O3. The van der Waals surface area contributed by atoms with E-state index in [0.29, 0.717) is 30.5 Å². The molecule has 0 saturated carbocycles. The number of aliphatic hydroxyl groups excluding tert-OH is 1. The molecular weight excluding hydrogens is 409 g/mol. The molecule has 3 rings (SSSR count). The summed E-state index contributed by atoms with van der Waals surface area (Å²) in [5.74, 6) is -0.567. The van der Waals surface area contributed by atoms with E-state index in [0.717, 1.165) is 10.9 Å². The van der Waals surface area contributed by atoms with E-state index < -0.39 is 11.8 Å². The molecule has 158 valence electrons. The van der Waals surface area contributed by atoms with Gasteiger partial charge in [0, 0.05) is 30.4 Å². The van der Waals surface area contributed by atoms with Crippen molar-refractivity contribution in [3.05, 3.63) is 75.4 Å². The van der Waals surface area contributed by atoms with E-state index in [2.05, 4.69) is 10.3 Å². The Labute approximate surface area is 178 Å². The van der Waals surface area contributed by atoms with Crippen LogP contribution in [0.25, 0.3) is 10.8 Å². The number of fused-ring (bicyclic) bond motifs is 1. The molecule has 0 aliphatic heterocycles. The maximum absolute atomic E-state index is 13.4. The van der Waals surface area contributed by atoms with E-state index in [9.17, 15) is 14.0 Å². The predicted octanol–water partition coefficient (Wildman–Crippen LogP) is 4.69. The first kappa shape index (κ1) is 21.8. The van der Waals surface area contributed by atoms with Gasteiger partial charge >= 0.3 is 6.03 Å². The van der Waals surface area contributed by atoms with Gasteiger partial charge in [-0.25, -0.2) is 9.18 Å². The molecule has 2 amide bonds. The average Bonchev–Trinajstić information content (AvgIpc) is 2.74. The number of carbonyl (C=O) groups is 1. The maximum Gasteiger partial charge on any atom is 0.322 e. The fourth-order valence-corrected chi connectivity index (χ4v) is 3.56. The summed E-state index contributed by atoms with van der Waals surface area (Å²) in [5, 5.41) is 13.1. The van der Waals surface area contributed by atoms with Crippen LogP contribution in [-0.4, -0.2) is 34.2 Å². The van der Waals surface area contributed by atoms with E-state index in [4.69, 9.17) is 16.7 Å². The number of nitrogens with one attached hydrogen (secondary N) is 2. The summed E-state index contributed by atoms with van der Waals surface area (Å²) in [5.41, 5.74) is 0.970. The summed E-state index contributed by atoms with van der Waals surface area (Å²) in [6.45, 7) is 2.28. The van der Waals surface area contributed by atoms with Gasteiger partial charge in [0.25, 0.3) is 5.56 Å². The van der Waals surface area contributed by atoms with Gasteiger partial charge in [-0.2, -0.15) is 0 Å². The minimum absolute atomic E-state index is 0.0268. The average molecular weight is 432 g/mol. The van der Waals surface area contributed by atoms with Crippen molar-refractivity contribution in [1.82, 2.24) is 9.88 Å². The Hall–Kier alpha value is -2.90. The third kappa shape index (κ3) is 4.80. The van der Waals surface area contributed by atoms with Crippen molar-refractivity contribution in [2.24, 2.45) is 0 Å². The van der Waals surface area contributed by atoms with E-state index in [1.165, 1.54) is 18.2 Å². The van der Waals surface area contributed by atoms with Gasteiger partial charge in [-0.3, -0.25) is 4.79 Å². The summed E-state index contributed by atoms with van der Waals surface area (Å²) < 4.78 is 13.4. The number of rotatable bonds is 7. The number of benzene rings is 2. The van der Waals surface area contributed by atoms with E-state index in [1.807, 2.05) is 19.1 Å². The number of halogens is 2. The lowest BCUT2D eigenvalue weighted by molar-refractivity contribution is 0.188. The first-order valence-electron chi connectivity index (χ1n) is 9.66. The van der Waals surface area contributed by atoms with Crippen LogP contribution in [0.3, 0.4) is 0 Å². The molecule has 1 aromatic heterocycles. The van der Waals surface area contributed by atoms with Crippen molar-refractivity contribution in [2.75, 3.05) is 18.5 Å². The Morgan fingerprint density at radius 1 is 1.23 bits per heavy atom. The number of aliphatic hydroxyl groups is 1. The van der Waals surface area contributed by atoms with Crippen LogP contribution in [-0.2, 0) is 0 Å². The highest BCUT2D eigenvalue weighted by Gasteiger charge is 2.23. The van der Waals surface area contributed by atoms with Crippen molar-refractivity contribution in [3.8, 4) is 0 Å². The van der Waals surface area contributed by atoms with Gasteiger partial charge in [-0.1, -0.05) is 29.8 Å². The third-order valence-corrected chi connectivity index (χ3v) is 5.29. The smallest absolute Gasteiger partial charge is 0.322 e. The standard InChI is InChI=1S/C22H23ClFN3O3/c1-14(18-13-25-21(29)17-7-3-2-6-16(17)18)27(10-4-5-11-28)22(30)26-15-8-9-20(24)19(23)12-15/h2-3,6-9,12-14,28H,4-5,10-11H2,1H3,(H,25,29)(H,26,30). The number of pyridine rings is 1. The number of H-pyrrole nitrogens is 1. The lowest BCUT2D eigenvalue weighted by atomic mass is 10.0. The second-order valence-electron chi connectivity index (χ2n) is 6.98. The number of aromatic amines is 1. The van der Waals surface area contributed by atoms with Gasteiger partial charge in [0.2, 0.25) is 0 Å². The molecule has 2 aromatic carbocycles. The van der Waals surface area contributed by atoms with Crippen LogP contribution in [0, 0.1) is 5.82 Å². The van der Waals surface area contributed by atoms with Crippen LogP contribution < -0.4 is 10.9 Å². The summed E-state index contributed by atoms with van der Waals surface area (Å²) in [6, 6.07) is 10.4. The lowest BCUT2D eigenvalue weighted by Gasteiger charge is -2.30. The second kappa shape index (κ2) is 9.73. The SMILES string of the molecule is CC(c1c[nH]c(=O)c2ccccc12)N(CCCCO)C(=O)Nc1ccc(F)c(Cl)c1. The van der Waals surface area contributed by atoms with E-state index in [1.54, 1.807) is 23.2 Å². The topological polar surface area (TPSA) is 85.4 Å². The number of amides is 2. The summed E-state index contributed by atoms with van der Waals surface area (Å²) in [6.07, 6.45) is 2.77. The molecule has 3 N–H and O–H groups in total. The predicted molar refractivity (Wildman–Crippen MR) is 116 cm³/mol. The molecule has 0 fully saturated rings. The highest BCUT2D eigenvalue weighted by molar-refractivity contribution is 6.31. The first-order chi connectivity index (χ1) is 14.4. The molecule has 0 aliphatic carbocycles. The normalized spacial score (nSPS) is 12.0. The number of carbonyl (C=O) groups excluding carboxylic acids is 1. The van der Waals surface area contributed by atoms with Crippen molar-refractivity contribution in [2.45, 2.75) is 25.8 Å². The summed E-state index contributed by atoms with van der Waals surface area (Å²) in [7, 11) is 0. The van der Waals surface area contributed by atoms with Crippen molar-refractivity contribution in [3.63, 3.8) is 0 Å². The fraction of sp³-hybridized carbons (Fsp3) is 0.273. The molecule has 1 heterocycles. The first-order valence-corrected chi connectivity index (χ1v) is 10.0. The quantitative estimate of drug-likeness (QED) is 0.474. The highest BCUT2D eigenvalue weighted by Crippen LogP contribution is 2.27. The minimum atomic E-state index is -0.567. The Bertz CT molecular complexity index is 1100. The number of hydrogen-bond donors (Lipinski definition) is 3. The van der Waals surface area contributed by atoms with E-state index >= 15 is 0 Å². The van der Waals surface area contributed by atoms with Crippen LogP contribution in [0.15, 0.2) is 53.5 Å². The zero-order valence-corrected chi connectivity index (χ0v) is 17.2. The molecule has 6 nitrogen and oxygen atoms in total. The Kier molecular flexibility index (Phi) is 7.07. The number of hydrogen-bond acceptors (Lipinski definition) is 3. The Balaban J connectivity index is 1.92. The van der Waals surface area contributed by atoms with Gasteiger partial charge in [0.05, 0.1) is 11.1 Å². The molecule has 8 heteroatoms. The van der Waals surface area contributed by atoms with Crippen molar-refractivity contribution in [1.29, 1.82) is 0 Å². The molecule has 0 spiro atoms. The van der Waals surface area contributed by atoms with Crippen LogP contribution in [0.2, 0.25) is 5.02 Å². The molecule has 30 heavy (non-hydrogen) atoms. The second-order valence-corrected chi connectivity index (χ2v) is 7.39. The molecule has 0 radical (unpaired) electrons. The lowest BCUT2D eigenvalue weighted by Crippen LogP contribution is -2.38. The number of urea groups is 1. The van der Waals surface area contributed by atoms with Gasteiger partial charge in [-0.15, -0.1) is 0 Å². The van der Waals surface area contributed by atoms with E-state index in [-0.39, 0.29) is 23.2 Å². The highest BCUT2D eigenvalue weighted by atomic mass is 35.5. The van der Waals surface area contributed by atoms with Crippen molar-refractivity contribution < 1.29 is 14.3 Å². The van der Waals surface area contributed by atoms with Crippen molar-refractivity contribution >= 4 is 34.1 Å². The molecule has 0 aliphatic rings. The van der Waals surface area contributed by atoms with Gasteiger partial charge in [0.1, 0.15) is 5.82 Å². The molecule has 0 saturated heterocycles. The fourth-order valence-electron chi connectivity index (χ4n) is 3.38. The minimum Gasteiger partial charge on any atom is -0.396 e. The van der Waals surface area contributed by atoms with Gasteiger partial charge < -0.3 is 20.3 Å². The molecule has 0 bridgehead atoms. The molecule has 3 aromatic rings. The zero-order chi connectivity index (χ0) is 21.7. The number of anilines is 1. The molecule has 1 atom stereocenters. The number of nitrogens with zero attached hydrogens (tertiary/aromatic N) is 1. The molecule has 1 unspecified atom stereocenters. The van der Waals surface area contributed by atoms with Crippen LogP contribution >= 0.6 is 11.6 Å². The third-order valence-electron chi connectivity index (χ3n) is 5.00. The number of aromatic nitrogens is 1. The monoisotopic (exact) mass is 431 g/mol. The van der Waals surface area contributed by atoms with Crippen LogP contribution in [0.5, 0.6) is 0 Å². The van der Waals surface area contributed by atoms with Crippen LogP contribution in [0.1, 0.15) is 31.4 Å². The van der Waals surface area contributed by atoms with Gasteiger partial charge in [-0.05, 0) is 55.0 Å². The summed E-state index contributed by atoms with van der Waals surface area (Å²) >= 11 is 5.82. The zero-order valence-electron chi connectivity index (χ0n) is 16.5. The Morgan fingerprint density at radius 2 is 1.97 bits per heavy atom. The maximum atomic E-state index is 13.4. The number of unbranched alkanes of at least 4 members (excludes halogenated alkanes) is 1. The Morgan fingerprint density at radius 3 is 2.67 bits per heavy atom.